The van der Waals surface area contributed by atoms with Gasteiger partial charge in [-0.2, -0.15) is 5.10 Å². The minimum Gasteiger partial charge on any atom is -0.422 e. The molecule has 0 aromatic heterocycles. The minimum absolute atomic E-state index is 0.268. The highest BCUT2D eigenvalue weighted by molar-refractivity contribution is 6.35. The summed E-state index contributed by atoms with van der Waals surface area (Å²) in [7, 11) is 0. The summed E-state index contributed by atoms with van der Waals surface area (Å²) in [6.07, 6.45) is 0.355. The highest BCUT2D eigenvalue weighted by Crippen LogP contribution is 2.41. The number of hydrogen-bond donors (Lipinski definition) is 0. The number of ether oxygens (including phenoxy) is 1. The smallest absolute Gasteiger partial charge is 0.343 e. The molecule has 1 aliphatic heterocycles. The summed E-state index contributed by atoms with van der Waals surface area (Å²) in [4.78, 5) is 26.9. The number of fused-ring (bicyclic) bond motifs is 1. The first-order valence-corrected chi connectivity index (χ1v) is 13.5. The summed E-state index contributed by atoms with van der Waals surface area (Å²) in [5, 5.41) is 8.89. The molecule has 1 atom stereocenters. The molecule has 0 bridgehead atoms. The Kier molecular flexibility index (Phi) is 7.08. The summed E-state index contributed by atoms with van der Waals surface area (Å²) in [6.45, 7) is 0. The highest BCUT2D eigenvalue weighted by Gasteiger charge is 2.36. The molecule has 0 saturated carbocycles. The fourth-order valence-electron chi connectivity index (χ4n) is 4.89. The van der Waals surface area contributed by atoms with E-state index in [0.29, 0.717) is 44.6 Å². The predicted molar refractivity (Wildman–Crippen MR) is 158 cm³/mol. The first-order valence-electron chi connectivity index (χ1n) is 12.7. The van der Waals surface area contributed by atoms with Crippen LogP contribution in [-0.4, -0.2) is 22.6 Å². The number of hydrogen-bond acceptors (Lipinski definition) is 4. The van der Waals surface area contributed by atoms with Crippen LogP contribution in [0.4, 0.5) is 0 Å². The van der Waals surface area contributed by atoms with Crippen LogP contribution >= 0.6 is 23.2 Å². The Bertz CT molecular complexity index is 1770. The Balaban J connectivity index is 1.47. The monoisotopic (exact) mass is 564 g/mol. The van der Waals surface area contributed by atoms with Crippen LogP contribution in [0.25, 0.3) is 10.8 Å². The van der Waals surface area contributed by atoms with E-state index in [2.05, 4.69) is 0 Å². The fraction of sp³-hybridized carbons (Fsp3) is 0.0606. The number of nitrogens with zero attached hydrogens (tertiary/aromatic N) is 2. The number of amides is 1. The van der Waals surface area contributed by atoms with Crippen LogP contribution in [-0.2, 0) is 0 Å². The zero-order chi connectivity index (χ0) is 27.6. The molecule has 0 radical (unpaired) electrons. The van der Waals surface area contributed by atoms with Crippen molar-refractivity contribution in [3.8, 4) is 5.75 Å². The molecule has 40 heavy (non-hydrogen) atoms. The second kappa shape index (κ2) is 11.0. The van der Waals surface area contributed by atoms with Crippen molar-refractivity contribution < 1.29 is 14.3 Å². The van der Waals surface area contributed by atoms with Gasteiger partial charge in [-0.05, 0) is 53.4 Å². The molecule has 196 valence electrons. The Hall–Kier alpha value is -4.45. The van der Waals surface area contributed by atoms with Gasteiger partial charge in [0.1, 0.15) is 5.75 Å². The molecule has 0 fully saturated rings. The van der Waals surface area contributed by atoms with Crippen LogP contribution in [0.5, 0.6) is 5.75 Å². The molecular formula is C33H22Cl2N2O3. The first kappa shape index (κ1) is 25.8. The first-order chi connectivity index (χ1) is 19.5. The summed E-state index contributed by atoms with van der Waals surface area (Å²) >= 11 is 12.8. The zero-order valence-electron chi connectivity index (χ0n) is 21.1. The van der Waals surface area contributed by atoms with E-state index in [9.17, 15) is 9.59 Å². The van der Waals surface area contributed by atoms with Gasteiger partial charge in [0.25, 0.3) is 5.91 Å². The lowest BCUT2D eigenvalue weighted by Gasteiger charge is -2.23. The molecule has 0 unspecified atom stereocenters. The molecule has 5 aromatic rings. The molecular weight excluding hydrogens is 543 g/mol. The number of hydrazone groups is 1. The molecule has 0 N–H and O–H groups in total. The van der Waals surface area contributed by atoms with Gasteiger partial charge in [-0.15, -0.1) is 0 Å². The maximum absolute atomic E-state index is 13.7. The molecule has 1 heterocycles. The third-order valence-electron chi connectivity index (χ3n) is 6.86. The van der Waals surface area contributed by atoms with E-state index >= 15 is 0 Å². The molecule has 0 aliphatic carbocycles. The molecule has 6 rings (SSSR count). The van der Waals surface area contributed by atoms with Crippen LogP contribution in [0.2, 0.25) is 10.0 Å². The van der Waals surface area contributed by atoms with E-state index in [0.717, 1.165) is 16.3 Å². The molecule has 5 aromatic carbocycles. The van der Waals surface area contributed by atoms with Crippen LogP contribution in [0, 0.1) is 0 Å². The Morgan fingerprint density at radius 2 is 1.45 bits per heavy atom. The molecule has 5 nitrogen and oxygen atoms in total. The third-order valence-corrected chi connectivity index (χ3v) is 7.42. The third kappa shape index (κ3) is 4.97. The maximum atomic E-state index is 13.7. The second-order valence-corrected chi connectivity index (χ2v) is 10.2. The summed E-state index contributed by atoms with van der Waals surface area (Å²) in [6, 6.07) is 34.0. The summed E-state index contributed by atoms with van der Waals surface area (Å²) in [5.74, 6) is -0.359. The molecule has 1 aliphatic rings. The topological polar surface area (TPSA) is 59.0 Å². The number of esters is 1. The van der Waals surface area contributed by atoms with Crippen LogP contribution in [0.3, 0.4) is 0 Å². The molecule has 0 spiro atoms. The van der Waals surface area contributed by atoms with Gasteiger partial charge < -0.3 is 4.74 Å². The van der Waals surface area contributed by atoms with Gasteiger partial charge in [0.05, 0.1) is 17.3 Å². The van der Waals surface area contributed by atoms with E-state index < -0.39 is 12.0 Å². The number of carbonyl (C=O) groups is 2. The van der Waals surface area contributed by atoms with Gasteiger partial charge in [0.2, 0.25) is 0 Å². The lowest BCUT2D eigenvalue weighted by Crippen LogP contribution is -2.27. The van der Waals surface area contributed by atoms with Crippen molar-refractivity contribution in [3.63, 3.8) is 0 Å². The van der Waals surface area contributed by atoms with Crippen molar-refractivity contribution in [2.24, 2.45) is 5.10 Å². The van der Waals surface area contributed by atoms with Crippen LogP contribution in [0.1, 0.15) is 44.3 Å². The van der Waals surface area contributed by atoms with Crippen molar-refractivity contribution >= 4 is 51.6 Å². The average Bonchev–Trinajstić information content (AvgIpc) is 3.42. The number of benzene rings is 5. The van der Waals surface area contributed by atoms with Gasteiger partial charge in [0.15, 0.2) is 0 Å². The van der Waals surface area contributed by atoms with E-state index in [4.69, 9.17) is 33.0 Å². The average molecular weight is 565 g/mol. The van der Waals surface area contributed by atoms with Crippen molar-refractivity contribution in [1.29, 1.82) is 0 Å². The largest absolute Gasteiger partial charge is 0.422 e. The molecule has 7 heteroatoms. The number of carbonyl (C=O) groups excluding carboxylic acids is 2. The Labute approximate surface area is 241 Å². The number of rotatable bonds is 5. The Morgan fingerprint density at radius 1 is 0.775 bits per heavy atom. The maximum Gasteiger partial charge on any atom is 0.343 e. The predicted octanol–water partition coefficient (Wildman–Crippen LogP) is 8.36. The van der Waals surface area contributed by atoms with E-state index in [1.54, 1.807) is 48.5 Å². The highest BCUT2D eigenvalue weighted by atomic mass is 35.5. The minimum atomic E-state index is -0.489. The Morgan fingerprint density at radius 3 is 2.17 bits per heavy atom. The molecule has 1 amide bonds. The lowest BCUT2D eigenvalue weighted by atomic mass is 9.95. The summed E-state index contributed by atoms with van der Waals surface area (Å²) in [5.41, 5.74) is 2.87. The van der Waals surface area contributed by atoms with E-state index in [-0.39, 0.29) is 5.91 Å². The zero-order valence-corrected chi connectivity index (χ0v) is 22.6. The second-order valence-electron chi connectivity index (χ2n) is 9.37. The fourth-order valence-corrected chi connectivity index (χ4v) is 5.43. The quantitative estimate of drug-likeness (QED) is 0.159. The van der Waals surface area contributed by atoms with Crippen LogP contribution < -0.4 is 4.74 Å². The van der Waals surface area contributed by atoms with Crippen molar-refractivity contribution in [2.45, 2.75) is 12.5 Å². The standard InChI is InChI=1S/C33H22Cl2N2O3/c34-24-16-18-26(28(35)19-24)30-20-29(36-37(30)32(38)22-10-3-1-4-11-22)27-17-15-21-9-7-8-14-25(21)31(27)40-33(39)23-12-5-2-6-13-23/h1-19,30H,20H2/t30-/m0/s1. The normalized spacial score (nSPS) is 14.7. The van der Waals surface area contributed by atoms with Gasteiger partial charge in [-0.1, -0.05) is 96.0 Å². The van der Waals surface area contributed by atoms with E-state index in [1.165, 1.54) is 5.01 Å². The van der Waals surface area contributed by atoms with E-state index in [1.807, 2.05) is 66.7 Å². The van der Waals surface area contributed by atoms with Gasteiger partial charge >= 0.3 is 5.97 Å². The van der Waals surface area contributed by atoms with Crippen molar-refractivity contribution in [2.75, 3.05) is 0 Å². The summed E-state index contributed by atoms with van der Waals surface area (Å²) < 4.78 is 6.05. The number of halogens is 2. The van der Waals surface area contributed by atoms with Crippen molar-refractivity contribution in [3.05, 3.63) is 148 Å². The van der Waals surface area contributed by atoms with Crippen LogP contribution in [0.15, 0.2) is 120 Å². The van der Waals surface area contributed by atoms with Gasteiger partial charge in [0, 0.05) is 33.0 Å². The van der Waals surface area contributed by atoms with Crippen molar-refractivity contribution in [1.82, 2.24) is 5.01 Å². The lowest BCUT2D eigenvalue weighted by molar-refractivity contribution is 0.0708. The van der Waals surface area contributed by atoms with Gasteiger partial charge in [-0.3, -0.25) is 4.79 Å². The SMILES string of the molecule is O=C(Oc1c(C2=NN(C(=O)c3ccccc3)[C@H](c3ccc(Cl)cc3Cl)C2)ccc2ccccc12)c1ccccc1. The molecule has 0 saturated heterocycles. The van der Waals surface area contributed by atoms with Gasteiger partial charge in [-0.25, -0.2) is 9.80 Å².